The fraction of sp³-hybridized carbons (Fsp3) is 0.400. The highest BCUT2D eigenvalue weighted by Gasteiger charge is 2.14. The molecule has 0 heterocycles. The molecular weight excluding hydrogens is 304 g/mol. The van der Waals surface area contributed by atoms with Gasteiger partial charge in [-0.05, 0) is 18.6 Å². The fourth-order valence-corrected chi connectivity index (χ4v) is 1.82. The van der Waals surface area contributed by atoms with Gasteiger partial charge in [-0.25, -0.2) is 8.42 Å². The van der Waals surface area contributed by atoms with Crippen LogP contribution in [0.4, 0.5) is 0 Å². The van der Waals surface area contributed by atoms with Crippen molar-refractivity contribution in [3.8, 4) is 17.6 Å². The lowest BCUT2D eigenvalue weighted by atomic mass is 10.2. The Kier molecular flexibility index (Phi) is 6.89. The molecule has 0 fully saturated rings. The maximum absolute atomic E-state index is 11.5. The van der Waals surface area contributed by atoms with Crippen LogP contribution in [0, 0.1) is 18.8 Å². The first-order valence-corrected chi connectivity index (χ1v) is 8.47. The van der Waals surface area contributed by atoms with Gasteiger partial charge in [0.05, 0.1) is 19.3 Å². The summed E-state index contributed by atoms with van der Waals surface area (Å²) in [6, 6.07) is 7.62. The smallest absolute Gasteiger partial charge is 0.236 e. The molecule has 0 aromatic heterocycles. The fourth-order valence-electron chi connectivity index (χ4n) is 1.46. The van der Waals surface area contributed by atoms with Crippen molar-refractivity contribution in [3.05, 3.63) is 29.8 Å². The number of ether oxygens (including phenoxy) is 1. The zero-order valence-electron chi connectivity index (χ0n) is 12.9. The number of hydrogen-bond acceptors (Lipinski definition) is 4. The van der Waals surface area contributed by atoms with E-state index in [1.54, 1.807) is 0 Å². The molecule has 1 rings (SSSR count). The highest BCUT2D eigenvalue weighted by Crippen LogP contribution is 2.15. The average molecular weight is 324 g/mol. The Morgan fingerprint density at radius 2 is 2.00 bits per heavy atom. The molecule has 120 valence electrons. The van der Waals surface area contributed by atoms with Gasteiger partial charge in [0.2, 0.25) is 15.9 Å². The van der Waals surface area contributed by atoms with E-state index in [1.807, 2.05) is 31.2 Å². The molecule has 1 aromatic carbocycles. The molecule has 0 saturated carbocycles. The number of carbonyl (C=O) groups is 1. The lowest BCUT2D eigenvalue weighted by Gasteiger charge is -2.12. The third kappa shape index (κ3) is 6.61. The lowest BCUT2D eigenvalue weighted by molar-refractivity contribution is -0.120. The first-order valence-electron chi connectivity index (χ1n) is 6.63. The lowest BCUT2D eigenvalue weighted by Crippen LogP contribution is -2.37. The molecule has 0 aliphatic heterocycles. The van der Waals surface area contributed by atoms with E-state index in [-0.39, 0.29) is 19.7 Å². The predicted octanol–water partition coefficient (Wildman–Crippen LogP) is 0.385. The first-order chi connectivity index (χ1) is 10.3. The zero-order chi connectivity index (χ0) is 16.6. The Morgan fingerprint density at radius 1 is 1.32 bits per heavy atom. The quantitative estimate of drug-likeness (QED) is 0.768. The third-order valence-electron chi connectivity index (χ3n) is 2.82. The number of amides is 1. The van der Waals surface area contributed by atoms with E-state index in [0.29, 0.717) is 0 Å². The van der Waals surface area contributed by atoms with E-state index >= 15 is 0 Å². The van der Waals surface area contributed by atoms with E-state index in [2.05, 4.69) is 17.2 Å². The summed E-state index contributed by atoms with van der Waals surface area (Å²) in [7, 11) is -2.01. The minimum absolute atomic E-state index is 0.146. The molecule has 0 aliphatic rings. The Bertz CT molecular complexity index is 674. The van der Waals surface area contributed by atoms with Crippen LogP contribution < -0.4 is 10.1 Å². The Labute approximate surface area is 131 Å². The summed E-state index contributed by atoms with van der Waals surface area (Å²) in [5.41, 5.74) is 1.03. The number of nitrogens with zero attached hydrogens (tertiary/aromatic N) is 1. The van der Waals surface area contributed by atoms with Gasteiger partial charge in [0.15, 0.2) is 0 Å². The highest BCUT2D eigenvalue weighted by atomic mass is 32.2. The third-order valence-corrected chi connectivity index (χ3v) is 4.09. The molecule has 0 radical (unpaired) electrons. The molecule has 1 amide bonds. The number of para-hydroxylation sites is 1. The maximum atomic E-state index is 11.5. The van der Waals surface area contributed by atoms with Gasteiger partial charge in [-0.15, -0.1) is 0 Å². The molecule has 0 unspecified atom stereocenters. The summed E-state index contributed by atoms with van der Waals surface area (Å²) in [4.78, 5) is 11.5. The van der Waals surface area contributed by atoms with Crippen LogP contribution in [-0.2, 0) is 14.8 Å². The van der Waals surface area contributed by atoms with Crippen LogP contribution in [0.3, 0.4) is 0 Å². The molecule has 0 bridgehead atoms. The van der Waals surface area contributed by atoms with Gasteiger partial charge in [0, 0.05) is 7.05 Å². The van der Waals surface area contributed by atoms with Gasteiger partial charge in [0.25, 0.3) is 0 Å². The van der Waals surface area contributed by atoms with Crippen LogP contribution in [0.25, 0.3) is 0 Å². The van der Waals surface area contributed by atoms with Crippen LogP contribution in [0.15, 0.2) is 24.3 Å². The highest BCUT2D eigenvalue weighted by molar-refractivity contribution is 7.88. The number of aryl methyl sites for hydroxylation is 1. The standard InChI is InChI=1S/C15H20N2O4S/c1-13-8-4-5-9-14(13)21-11-7-6-10-16-15(18)12-17(2)22(3,19)20/h4-5,8-9H,10-12H2,1-3H3,(H,16,18). The van der Waals surface area contributed by atoms with Crippen molar-refractivity contribution in [1.82, 2.24) is 9.62 Å². The molecular formula is C15H20N2O4S. The number of likely N-dealkylation sites (N-methyl/N-ethyl adjacent to an activating group) is 1. The summed E-state index contributed by atoms with van der Waals surface area (Å²) in [5.74, 6) is 5.90. The zero-order valence-corrected chi connectivity index (χ0v) is 13.7. The second kappa shape index (κ2) is 8.41. The van der Waals surface area contributed by atoms with Crippen LogP contribution in [0.1, 0.15) is 5.56 Å². The number of benzene rings is 1. The molecule has 0 spiro atoms. The van der Waals surface area contributed by atoms with Gasteiger partial charge in [-0.3, -0.25) is 4.79 Å². The molecule has 1 aromatic rings. The number of sulfonamides is 1. The van der Waals surface area contributed by atoms with Crippen molar-refractivity contribution < 1.29 is 17.9 Å². The summed E-state index contributed by atoms with van der Waals surface area (Å²) < 4.78 is 28.7. The molecule has 6 nitrogen and oxygen atoms in total. The van der Waals surface area contributed by atoms with E-state index in [9.17, 15) is 13.2 Å². The SMILES string of the molecule is Cc1ccccc1OCC#CCNC(=O)CN(C)S(C)(=O)=O. The van der Waals surface area contributed by atoms with Crippen LogP contribution in [0.5, 0.6) is 5.75 Å². The van der Waals surface area contributed by atoms with Crippen molar-refractivity contribution in [1.29, 1.82) is 0 Å². The maximum Gasteiger partial charge on any atom is 0.236 e. The van der Waals surface area contributed by atoms with Gasteiger partial charge >= 0.3 is 0 Å². The van der Waals surface area contributed by atoms with Crippen molar-refractivity contribution in [3.63, 3.8) is 0 Å². The number of nitrogens with one attached hydrogen (secondary N) is 1. The van der Waals surface area contributed by atoms with Crippen LogP contribution >= 0.6 is 0 Å². The van der Waals surface area contributed by atoms with Crippen molar-refractivity contribution in [2.24, 2.45) is 0 Å². The van der Waals surface area contributed by atoms with Crippen LogP contribution in [-0.4, -0.2) is 51.6 Å². The minimum Gasteiger partial charge on any atom is -0.481 e. The summed E-state index contributed by atoms with van der Waals surface area (Å²) >= 11 is 0. The second-order valence-electron chi connectivity index (χ2n) is 4.70. The van der Waals surface area contributed by atoms with Crippen molar-refractivity contribution in [2.75, 3.05) is 33.0 Å². The number of carbonyl (C=O) groups excluding carboxylic acids is 1. The molecule has 0 saturated heterocycles. The minimum atomic E-state index is -3.36. The van der Waals surface area contributed by atoms with E-state index < -0.39 is 15.9 Å². The first kappa shape index (κ1) is 18.0. The molecule has 7 heteroatoms. The van der Waals surface area contributed by atoms with Crippen molar-refractivity contribution in [2.45, 2.75) is 6.92 Å². The summed E-state index contributed by atoms with van der Waals surface area (Å²) in [6.45, 7) is 2.10. The Morgan fingerprint density at radius 3 is 2.64 bits per heavy atom. The molecule has 1 N–H and O–H groups in total. The average Bonchev–Trinajstić information content (AvgIpc) is 2.43. The number of rotatable bonds is 6. The van der Waals surface area contributed by atoms with Gasteiger partial charge < -0.3 is 10.1 Å². The normalized spacial score (nSPS) is 10.7. The van der Waals surface area contributed by atoms with E-state index in [0.717, 1.165) is 21.9 Å². The summed E-state index contributed by atoms with van der Waals surface area (Å²) in [5, 5.41) is 2.52. The van der Waals surface area contributed by atoms with Gasteiger partial charge in [-0.1, -0.05) is 30.0 Å². The van der Waals surface area contributed by atoms with Crippen molar-refractivity contribution >= 4 is 15.9 Å². The largest absolute Gasteiger partial charge is 0.481 e. The Balaban J connectivity index is 2.28. The molecule has 0 aliphatic carbocycles. The van der Waals surface area contributed by atoms with Gasteiger partial charge in [-0.2, -0.15) is 4.31 Å². The predicted molar refractivity (Wildman–Crippen MR) is 84.9 cm³/mol. The van der Waals surface area contributed by atoms with E-state index in [1.165, 1.54) is 7.05 Å². The monoisotopic (exact) mass is 324 g/mol. The Hall–Kier alpha value is -2.04. The van der Waals surface area contributed by atoms with E-state index in [4.69, 9.17) is 4.74 Å². The molecule has 22 heavy (non-hydrogen) atoms. The van der Waals surface area contributed by atoms with Crippen LogP contribution in [0.2, 0.25) is 0 Å². The number of hydrogen-bond donors (Lipinski definition) is 1. The van der Waals surface area contributed by atoms with Gasteiger partial charge in [0.1, 0.15) is 12.4 Å². The molecule has 0 atom stereocenters. The summed E-state index contributed by atoms with van der Waals surface area (Å²) in [6.07, 6.45) is 1.04. The second-order valence-corrected chi connectivity index (χ2v) is 6.79. The topological polar surface area (TPSA) is 75.7 Å².